The predicted molar refractivity (Wildman–Crippen MR) is 83.7 cm³/mol. The monoisotopic (exact) mass is 325 g/mol. The van der Waals surface area contributed by atoms with Crippen LogP contribution in [0.1, 0.15) is 63.0 Å². The molecule has 0 heterocycles. The summed E-state index contributed by atoms with van der Waals surface area (Å²) in [5.74, 6) is 1.38. The van der Waals surface area contributed by atoms with Crippen LogP contribution >= 0.6 is 15.9 Å². The summed E-state index contributed by atoms with van der Waals surface area (Å²) in [5, 5.41) is 0. The van der Waals surface area contributed by atoms with E-state index in [0.29, 0.717) is 5.92 Å². The Morgan fingerprint density at radius 1 is 1.21 bits per heavy atom. The van der Waals surface area contributed by atoms with E-state index in [2.05, 4.69) is 41.9 Å². The summed E-state index contributed by atoms with van der Waals surface area (Å²) in [5.41, 5.74) is 9.00. The van der Waals surface area contributed by atoms with E-state index in [1.807, 2.05) is 0 Å². The molecule has 2 N–H and O–H groups in total. The van der Waals surface area contributed by atoms with Gasteiger partial charge in [-0.1, -0.05) is 39.2 Å². The van der Waals surface area contributed by atoms with Crippen LogP contribution in [0.4, 0.5) is 0 Å². The normalized spacial score (nSPS) is 18.6. The predicted octanol–water partition coefficient (Wildman–Crippen LogP) is 4.70. The molecule has 0 saturated heterocycles. The highest BCUT2D eigenvalue weighted by Gasteiger charge is 2.32. The Morgan fingerprint density at radius 3 is 2.37 bits per heavy atom. The average Bonchev–Trinajstić information content (AvgIpc) is 2.39. The molecule has 1 aliphatic carbocycles. The van der Waals surface area contributed by atoms with E-state index in [0.717, 1.165) is 23.1 Å². The first-order valence-corrected chi connectivity index (χ1v) is 7.94. The largest absolute Gasteiger partial charge is 0.496 e. The maximum absolute atomic E-state index is 6.69. The molecule has 0 radical (unpaired) electrons. The van der Waals surface area contributed by atoms with Gasteiger partial charge in [0, 0.05) is 5.54 Å². The molecule has 0 amide bonds. The minimum Gasteiger partial charge on any atom is -0.496 e. The van der Waals surface area contributed by atoms with E-state index in [9.17, 15) is 0 Å². The number of ether oxygens (including phenoxy) is 1. The van der Waals surface area contributed by atoms with Crippen LogP contribution in [0.15, 0.2) is 16.6 Å². The number of nitrogens with two attached hydrogens (primary N) is 1. The minimum atomic E-state index is -0.199. The topological polar surface area (TPSA) is 35.2 Å². The molecule has 0 spiro atoms. The van der Waals surface area contributed by atoms with E-state index >= 15 is 0 Å². The summed E-state index contributed by atoms with van der Waals surface area (Å²) in [6.07, 6.45) is 5.87. The second-order valence-electron chi connectivity index (χ2n) is 5.96. The van der Waals surface area contributed by atoms with Crippen LogP contribution in [-0.2, 0) is 5.54 Å². The summed E-state index contributed by atoms with van der Waals surface area (Å²) in [4.78, 5) is 0. The second kappa shape index (κ2) is 5.84. The van der Waals surface area contributed by atoms with Gasteiger partial charge < -0.3 is 10.5 Å². The van der Waals surface area contributed by atoms with Gasteiger partial charge in [0.1, 0.15) is 5.75 Å². The fraction of sp³-hybridized carbons (Fsp3) is 0.625. The molecular weight excluding hydrogens is 302 g/mol. The maximum atomic E-state index is 6.69. The van der Waals surface area contributed by atoms with Gasteiger partial charge in [-0.25, -0.2) is 0 Å². The fourth-order valence-electron chi connectivity index (χ4n) is 2.92. The smallest absolute Gasteiger partial charge is 0.133 e. The van der Waals surface area contributed by atoms with E-state index in [4.69, 9.17) is 10.5 Å². The zero-order valence-electron chi connectivity index (χ0n) is 12.1. The van der Waals surface area contributed by atoms with Crippen molar-refractivity contribution in [3.05, 3.63) is 27.7 Å². The third kappa shape index (κ3) is 2.97. The van der Waals surface area contributed by atoms with Gasteiger partial charge in [-0.3, -0.25) is 0 Å². The van der Waals surface area contributed by atoms with E-state index in [1.165, 1.54) is 30.4 Å². The standard InChI is InChI=1S/C16H24BrNO/c1-11(2)12-9-13(15(17)14(10-12)19-3)16(18)7-5-4-6-8-16/h9-11H,4-8,18H2,1-3H3. The summed E-state index contributed by atoms with van der Waals surface area (Å²) in [6, 6.07) is 4.38. The van der Waals surface area contributed by atoms with Crippen LogP contribution in [0.25, 0.3) is 0 Å². The first-order chi connectivity index (χ1) is 8.98. The van der Waals surface area contributed by atoms with Crippen LogP contribution in [0.3, 0.4) is 0 Å². The van der Waals surface area contributed by atoms with E-state index in [-0.39, 0.29) is 5.54 Å². The molecule has 1 aromatic rings. The first kappa shape index (κ1) is 14.9. The molecule has 19 heavy (non-hydrogen) atoms. The van der Waals surface area contributed by atoms with Crippen LogP contribution in [0, 0.1) is 0 Å². The van der Waals surface area contributed by atoms with Crippen LogP contribution in [0.2, 0.25) is 0 Å². The van der Waals surface area contributed by atoms with Crippen LogP contribution < -0.4 is 10.5 Å². The van der Waals surface area contributed by atoms with Gasteiger partial charge in [-0.05, 0) is 51.9 Å². The summed E-state index contributed by atoms with van der Waals surface area (Å²) >= 11 is 3.69. The number of halogens is 1. The number of hydrogen-bond acceptors (Lipinski definition) is 2. The molecule has 0 bridgehead atoms. The molecule has 0 aliphatic heterocycles. The molecule has 1 saturated carbocycles. The fourth-order valence-corrected chi connectivity index (χ4v) is 3.70. The Balaban J connectivity index is 2.51. The highest BCUT2D eigenvalue weighted by Crippen LogP contribution is 2.43. The van der Waals surface area contributed by atoms with Crippen molar-refractivity contribution in [2.24, 2.45) is 5.73 Å². The lowest BCUT2D eigenvalue weighted by molar-refractivity contribution is 0.299. The quantitative estimate of drug-likeness (QED) is 0.874. The van der Waals surface area contributed by atoms with Crippen molar-refractivity contribution in [2.45, 2.75) is 57.4 Å². The van der Waals surface area contributed by atoms with E-state index in [1.54, 1.807) is 7.11 Å². The molecular formula is C16H24BrNO. The number of rotatable bonds is 3. The Bertz CT molecular complexity index is 450. The zero-order valence-corrected chi connectivity index (χ0v) is 13.7. The third-order valence-electron chi connectivity index (χ3n) is 4.23. The van der Waals surface area contributed by atoms with Crippen molar-refractivity contribution in [1.29, 1.82) is 0 Å². The third-order valence-corrected chi connectivity index (χ3v) is 5.05. The molecule has 2 nitrogen and oxygen atoms in total. The summed E-state index contributed by atoms with van der Waals surface area (Å²) in [6.45, 7) is 4.41. The minimum absolute atomic E-state index is 0.199. The van der Waals surface area contributed by atoms with Crippen molar-refractivity contribution in [2.75, 3.05) is 7.11 Å². The van der Waals surface area contributed by atoms with Gasteiger partial charge in [-0.15, -0.1) is 0 Å². The lowest BCUT2D eigenvalue weighted by Gasteiger charge is -2.35. The number of benzene rings is 1. The molecule has 1 aliphatic rings. The Hall–Kier alpha value is -0.540. The van der Waals surface area contributed by atoms with Gasteiger partial charge in [-0.2, -0.15) is 0 Å². The molecule has 0 aromatic heterocycles. The van der Waals surface area contributed by atoms with Gasteiger partial charge in [0.15, 0.2) is 0 Å². The maximum Gasteiger partial charge on any atom is 0.133 e. The van der Waals surface area contributed by atoms with Gasteiger partial charge in [0.2, 0.25) is 0 Å². The van der Waals surface area contributed by atoms with Crippen molar-refractivity contribution in [3.63, 3.8) is 0 Å². The Kier molecular flexibility index (Phi) is 4.57. The second-order valence-corrected chi connectivity index (χ2v) is 6.75. The van der Waals surface area contributed by atoms with Gasteiger partial charge in [0.25, 0.3) is 0 Å². The highest BCUT2D eigenvalue weighted by atomic mass is 79.9. The van der Waals surface area contributed by atoms with E-state index < -0.39 is 0 Å². The van der Waals surface area contributed by atoms with Crippen LogP contribution in [-0.4, -0.2) is 7.11 Å². The lowest BCUT2D eigenvalue weighted by Crippen LogP contribution is -2.39. The van der Waals surface area contributed by atoms with Crippen molar-refractivity contribution in [3.8, 4) is 5.75 Å². The molecule has 2 rings (SSSR count). The Morgan fingerprint density at radius 2 is 1.84 bits per heavy atom. The molecule has 3 heteroatoms. The summed E-state index contributed by atoms with van der Waals surface area (Å²) < 4.78 is 6.54. The van der Waals surface area contributed by atoms with Crippen molar-refractivity contribution >= 4 is 15.9 Å². The van der Waals surface area contributed by atoms with Crippen LogP contribution in [0.5, 0.6) is 5.75 Å². The molecule has 106 valence electrons. The van der Waals surface area contributed by atoms with Crippen molar-refractivity contribution < 1.29 is 4.74 Å². The highest BCUT2D eigenvalue weighted by molar-refractivity contribution is 9.10. The van der Waals surface area contributed by atoms with Gasteiger partial charge in [0.05, 0.1) is 11.6 Å². The molecule has 0 unspecified atom stereocenters. The Labute approximate surface area is 124 Å². The average molecular weight is 326 g/mol. The van der Waals surface area contributed by atoms with Gasteiger partial charge >= 0.3 is 0 Å². The lowest BCUT2D eigenvalue weighted by atomic mass is 9.76. The SMILES string of the molecule is COc1cc(C(C)C)cc(C2(N)CCCCC2)c1Br. The first-order valence-electron chi connectivity index (χ1n) is 7.15. The molecule has 1 aromatic carbocycles. The number of methoxy groups -OCH3 is 1. The molecule has 1 fully saturated rings. The zero-order chi connectivity index (χ0) is 14.0. The summed E-state index contributed by atoms with van der Waals surface area (Å²) in [7, 11) is 1.72. The van der Waals surface area contributed by atoms with Crippen molar-refractivity contribution in [1.82, 2.24) is 0 Å². The number of hydrogen-bond donors (Lipinski definition) is 1. The molecule has 0 atom stereocenters.